The lowest BCUT2D eigenvalue weighted by molar-refractivity contribution is -0.137. The minimum Gasteiger partial charge on any atom is -0.343 e. The fourth-order valence-electron chi connectivity index (χ4n) is 2.84. The lowest BCUT2D eigenvalue weighted by Crippen LogP contribution is -2.33. The number of hydrogen-bond donors (Lipinski definition) is 2. The van der Waals surface area contributed by atoms with Crippen molar-refractivity contribution in [2.75, 3.05) is 11.9 Å². The summed E-state index contributed by atoms with van der Waals surface area (Å²) in [5.74, 6) is -6.39. The summed E-state index contributed by atoms with van der Waals surface area (Å²) >= 11 is 0. The van der Waals surface area contributed by atoms with Gasteiger partial charge in [0.1, 0.15) is 0 Å². The molecule has 2 N–H and O–H groups in total. The lowest BCUT2D eigenvalue weighted by atomic mass is 9.98. The van der Waals surface area contributed by atoms with E-state index in [0.29, 0.717) is 17.2 Å². The van der Waals surface area contributed by atoms with Crippen LogP contribution in [0.4, 0.5) is 32.0 Å². The summed E-state index contributed by atoms with van der Waals surface area (Å²) in [5, 5.41) is 4.30. The van der Waals surface area contributed by atoms with E-state index in [0.717, 1.165) is 18.2 Å². The molecule has 0 atom stereocenters. The van der Waals surface area contributed by atoms with Gasteiger partial charge < -0.3 is 10.6 Å². The van der Waals surface area contributed by atoms with Crippen LogP contribution >= 0.6 is 0 Å². The molecule has 2 amide bonds. The molecule has 3 aromatic carbocycles. The SMILES string of the molecule is O=C(CNC(=O)c1ccccc1-c1ccc(C(F)(F)F)cc1)Nc1ccc(F)c(F)c1F. The van der Waals surface area contributed by atoms with Gasteiger partial charge in [0.2, 0.25) is 5.91 Å². The molecule has 0 aliphatic rings. The lowest BCUT2D eigenvalue weighted by Gasteiger charge is -2.12. The monoisotopic (exact) mass is 452 g/mol. The highest BCUT2D eigenvalue weighted by atomic mass is 19.4. The number of anilines is 1. The first-order chi connectivity index (χ1) is 15.1. The molecule has 0 aromatic heterocycles. The Labute approximate surface area is 177 Å². The summed E-state index contributed by atoms with van der Waals surface area (Å²) in [6.07, 6.45) is -4.50. The zero-order chi connectivity index (χ0) is 23.5. The number of rotatable bonds is 5. The molecule has 10 heteroatoms. The van der Waals surface area contributed by atoms with Crippen LogP contribution in [0.2, 0.25) is 0 Å². The largest absolute Gasteiger partial charge is 0.416 e. The van der Waals surface area contributed by atoms with E-state index in [1.807, 2.05) is 5.32 Å². The molecular weight excluding hydrogens is 438 g/mol. The highest BCUT2D eigenvalue weighted by Crippen LogP contribution is 2.31. The van der Waals surface area contributed by atoms with Crippen molar-refractivity contribution in [2.45, 2.75) is 6.18 Å². The smallest absolute Gasteiger partial charge is 0.343 e. The first-order valence-electron chi connectivity index (χ1n) is 9.06. The van der Waals surface area contributed by atoms with Crippen LogP contribution in [0.5, 0.6) is 0 Å². The van der Waals surface area contributed by atoms with Gasteiger partial charge in [0.05, 0.1) is 17.8 Å². The first-order valence-corrected chi connectivity index (χ1v) is 9.06. The topological polar surface area (TPSA) is 58.2 Å². The Morgan fingerprint density at radius 2 is 1.47 bits per heavy atom. The van der Waals surface area contributed by atoms with E-state index in [1.54, 1.807) is 6.07 Å². The maximum Gasteiger partial charge on any atom is 0.416 e. The molecule has 0 unspecified atom stereocenters. The molecule has 0 bridgehead atoms. The quantitative estimate of drug-likeness (QED) is 0.415. The Kier molecular flexibility index (Phi) is 6.52. The number of carbonyl (C=O) groups is 2. The average molecular weight is 452 g/mol. The molecule has 0 fully saturated rings. The third kappa shape index (κ3) is 5.08. The van der Waals surface area contributed by atoms with Crippen molar-refractivity contribution in [3.63, 3.8) is 0 Å². The van der Waals surface area contributed by atoms with E-state index in [4.69, 9.17) is 0 Å². The van der Waals surface area contributed by atoms with Gasteiger partial charge in [-0.3, -0.25) is 9.59 Å². The summed E-state index contributed by atoms with van der Waals surface area (Å²) in [6.45, 7) is -0.626. The van der Waals surface area contributed by atoms with Crippen molar-refractivity contribution in [3.8, 4) is 11.1 Å². The molecule has 3 rings (SSSR count). The fraction of sp³-hybridized carbons (Fsp3) is 0.0909. The summed E-state index contributed by atoms with van der Waals surface area (Å²) in [5.41, 5.74) is -0.695. The van der Waals surface area contributed by atoms with Gasteiger partial charge in [-0.1, -0.05) is 30.3 Å². The zero-order valence-corrected chi connectivity index (χ0v) is 16.1. The second-order valence-corrected chi connectivity index (χ2v) is 6.57. The van der Waals surface area contributed by atoms with Crippen LogP contribution in [0.3, 0.4) is 0 Å². The fourth-order valence-corrected chi connectivity index (χ4v) is 2.84. The van der Waals surface area contributed by atoms with Crippen molar-refractivity contribution in [3.05, 3.63) is 89.2 Å². The van der Waals surface area contributed by atoms with Crippen molar-refractivity contribution >= 4 is 17.5 Å². The molecule has 32 heavy (non-hydrogen) atoms. The van der Waals surface area contributed by atoms with Crippen molar-refractivity contribution in [2.24, 2.45) is 0 Å². The van der Waals surface area contributed by atoms with Crippen LogP contribution in [0.15, 0.2) is 60.7 Å². The van der Waals surface area contributed by atoms with Gasteiger partial charge in [0.25, 0.3) is 5.91 Å². The summed E-state index contributed by atoms with van der Waals surface area (Å²) in [6, 6.07) is 11.7. The van der Waals surface area contributed by atoms with Crippen molar-refractivity contribution in [1.29, 1.82) is 0 Å². The Morgan fingerprint density at radius 3 is 2.12 bits per heavy atom. The van der Waals surface area contributed by atoms with Gasteiger partial charge in [-0.25, -0.2) is 13.2 Å². The summed E-state index contributed by atoms with van der Waals surface area (Å²) in [4.78, 5) is 24.5. The van der Waals surface area contributed by atoms with E-state index >= 15 is 0 Å². The number of alkyl halides is 3. The van der Waals surface area contributed by atoms with Crippen LogP contribution in [0.25, 0.3) is 11.1 Å². The van der Waals surface area contributed by atoms with E-state index in [-0.39, 0.29) is 5.56 Å². The van der Waals surface area contributed by atoms with E-state index < -0.39 is 53.2 Å². The molecule has 0 aliphatic carbocycles. The van der Waals surface area contributed by atoms with Crippen molar-refractivity contribution < 1.29 is 35.9 Å². The van der Waals surface area contributed by atoms with Crippen LogP contribution in [-0.4, -0.2) is 18.4 Å². The molecule has 3 aromatic rings. The molecule has 0 aliphatic heterocycles. The maximum atomic E-state index is 13.6. The van der Waals surface area contributed by atoms with E-state index in [2.05, 4.69) is 5.32 Å². The van der Waals surface area contributed by atoms with Crippen LogP contribution in [0, 0.1) is 17.5 Å². The van der Waals surface area contributed by atoms with Crippen LogP contribution < -0.4 is 10.6 Å². The van der Waals surface area contributed by atoms with E-state index in [1.165, 1.54) is 30.3 Å². The predicted molar refractivity (Wildman–Crippen MR) is 104 cm³/mol. The average Bonchev–Trinajstić information content (AvgIpc) is 2.77. The van der Waals surface area contributed by atoms with Crippen LogP contribution in [-0.2, 0) is 11.0 Å². The normalized spacial score (nSPS) is 11.2. The number of carbonyl (C=O) groups excluding carboxylic acids is 2. The summed E-state index contributed by atoms with van der Waals surface area (Å²) in [7, 11) is 0. The second-order valence-electron chi connectivity index (χ2n) is 6.57. The molecule has 0 spiro atoms. The Morgan fingerprint density at radius 1 is 0.812 bits per heavy atom. The van der Waals surface area contributed by atoms with Gasteiger partial charge in [-0.15, -0.1) is 0 Å². The standard InChI is InChI=1S/C22H14F6N2O2/c23-16-9-10-17(20(25)19(16)24)30-18(31)11-29-21(32)15-4-2-1-3-14(15)12-5-7-13(8-6-12)22(26,27)28/h1-10H,11H2,(H,29,32)(H,30,31). The maximum absolute atomic E-state index is 13.6. The predicted octanol–water partition coefficient (Wildman–Crippen LogP) is 5.16. The Balaban J connectivity index is 1.71. The molecule has 0 radical (unpaired) electrons. The number of hydrogen-bond acceptors (Lipinski definition) is 2. The number of benzene rings is 3. The molecule has 166 valence electrons. The zero-order valence-electron chi connectivity index (χ0n) is 16.1. The second kappa shape index (κ2) is 9.13. The van der Waals surface area contributed by atoms with Gasteiger partial charge in [0.15, 0.2) is 17.5 Å². The van der Waals surface area contributed by atoms with Gasteiger partial charge in [-0.05, 0) is 41.5 Å². The highest BCUT2D eigenvalue weighted by molar-refractivity contribution is 6.03. The minimum atomic E-state index is -4.50. The van der Waals surface area contributed by atoms with Gasteiger partial charge >= 0.3 is 6.18 Å². The van der Waals surface area contributed by atoms with E-state index in [9.17, 15) is 35.9 Å². The van der Waals surface area contributed by atoms with Gasteiger partial charge in [0, 0.05) is 5.56 Å². The molecule has 0 saturated heterocycles. The number of halogens is 6. The molecule has 0 saturated carbocycles. The Bertz CT molecular complexity index is 1160. The first kappa shape index (κ1) is 22.9. The third-order valence-corrected chi connectivity index (χ3v) is 4.41. The Hall–Kier alpha value is -3.82. The highest BCUT2D eigenvalue weighted by Gasteiger charge is 2.30. The number of amides is 2. The third-order valence-electron chi connectivity index (χ3n) is 4.41. The molecule has 4 nitrogen and oxygen atoms in total. The molecule has 0 heterocycles. The van der Waals surface area contributed by atoms with Crippen molar-refractivity contribution in [1.82, 2.24) is 5.32 Å². The summed E-state index contributed by atoms with van der Waals surface area (Å²) < 4.78 is 78.1. The minimum absolute atomic E-state index is 0.0825. The molecular formula is C22H14F6N2O2. The number of nitrogens with one attached hydrogen (secondary N) is 2. The van der Waals surface area contributed by atoms with Gasteiger partial charge in [-0.2, -0.15) is 13.2 Å². The van der Waals surface area contributed by atoms with Crippen LogP contribution in [0.1, 0.15) is 15.9 Å².